The number of halogens is 2. The number of para-hydroxylation sites is 1. The third-order valence-electron chi connectivity index (χ3n) is 6.80. The number of anilines is 2. The molecule has 2 amide bonds. The summed E-state index contributed by atoms with van der Waals surface area (Å²) in [7, 11) is 3.28. The van der Waals surface area contributed by atoms with Gasteiger partial charge in [-0.25, -0.2) is 23.5 Å². The van der Waals surface area contributed by atoms with Crippen molar-refractivity contribution in [2.24, 2.45) is 0 Å². The molecule has 0 radical (unpaired) electrons. The molecule has 0 aliphatic carbocycles. The van der Waals surface area contributed by atoms with Gasteiger partial charge in [-0.3, -0.25) is 14.3 Å². The molecule has 1 N–H and O–H groups in total. The van der Waals surface area contributed by atoms with Crippen LogP contribution in [0.4, 0.5) is 25.2 Å². The van der Waals surface area contributed by atoms with Gasteiger partial charge in [-0.15, -0.1) is 10.2 Å². The van der Waals surface area contributed by atoms with Crippen molar-refractivity contribution in [1.29, 1.82) is 0 Å². The zero-order chi connectivity index (χ0) is 28.7. The Morgan fingerprint density at radius 1 is 1.10 bits per heavy atom. The average molecular weight is 549 g/mol. The summed E-state index contributed by atoms with van der Waals surface area (Å²) in [5, 5.41) is 17.3. The van der Waals surface area contributed by atoms with Gasteiger partial charge in [-0.2, -0.15) is 0 Å². The van der Waals surface area contributed by atoms with Crippen LogP contribution in [0.25, 0.3) is 17.2 Å². The maximum atomic E-state index is 14.5. The number of hydrogen-bond acceptors (Lipinski definition) is 7. The Bertz CT molecular complexity index is 1600. The lowest BCUT2D eigenvalue weighted by atomic mass is 10.1. The Morgan fingerprint density at radius 3 is 2.48 bits per heavy atom. The highest BCUT2D eigenvalue weighted by atomic mass is 19.1. The summed E-state index contributed by atoms with van der Waals surface area (Å²) >= 11 is 0. The number of carbonyl (C=O) groups excluding carboxylic acids is 1. The number of fused-ring (bicyclic) bond motifs is 1. The van der Waals surface area contributed by atoms with Crippen molar-refractivity contribution < 1.29 is 23.5 Å². The summed E-state index contributed by atoms with van der Waals surface area (Å²) < 4.78 is 30.2. The molecule has 0 saturated heterocycles. The molecule has 1 aliphatic rings. The first-order chi connectivity index (χ1) is 19.1. The average Bonchev–Trinajstić information content (AvgIpc) is 3.53. The van der Waals surface area contributed by atoms with Gasteiger partial charge >= 0.3 is 6.09 Å². The van der Waals surface area contributed by atoms with Crippen LogP contribution < -0.4 is 9.80 Å². The number of hydrogen-bond donors (Lipinski definition) is 1. The molecule has 5 rings (SSSR count). The van der Waals surface area contributed by atoms with Gasteiger partial charge in [0.2, 0.25) is 0 Å². The monoisotopic (exact) mass is 548 g/mol. The molecule has 4 heterocycles. The van der Waals surface area contributed by atoms with E-state index < -0.39 is 17.7 Å². The normalized spacial score (nSPS) is 12.7. The number of rotatable bonds is 7. The molecule has 0 atom stereocenters. The SMILES string of the molecule is CC(C)N(C)c1cc2c(c(CN(C)C(=O)O)n1)CN(c1cccc(-c3nncn3-c3c(F)cccc3F)n1)C2=O. The van der Waals surface area contributed by atoms with Crippen molar-refractivity contribution in [1.82, 2.24) is 29.6 Å². The number of benzene rings is 1. The Balaban J connectivity index is 1.54. The fourth-order valence-electron chi connectivity index (χ4n) is 4.40. The van der Waals surface area contributed by atoms with Gasteiger partial charge in [-0.05, 0) is 44.2 Å². The van der Waals surface area contributed by atoms with Gasteiger partial charge in [-0.1, -0.05) is 12.1 Å². The van der Waals surface area contributed by atoms with Crippen LogP contribution >= 0.6 is 0 Å². The molecule has 1 aromatic carbocycles. The lowest BCUT2D eigenvalue weighted by Crippen LogP contribution is -2.29. The van der Waals surface area contributed by atoms with E-state index in [4.69, 9.17) is 4.98 Å². The Labute approximate surface area is 228 Å². The minimum atomic E-state index is -1.12. The van der Waals surface area contributed by atoms with E-state index in [1.807, 2.05) is 25.8 Å². The van der Waals surface area contributed by atoms with Crippen LogP contribution in [0.15, 0.2) is 48.8 Å². The van der Waals surface area contributed by atoms with Crippen molar-refractivity contribution in [3.63, 3.8) is 0 Å². The maximum Gasteiger partial charge on any atom is 0.407 e. The molecule has 0 fully saturated rings. The third kappa shape index (κ3) is 4.70. The van der Waals surface area contributed by atoms with Crippen LogP contribution in [-0.4, -0.2) is 66.9 Å². The number of carbonyl (C=O) groups is 2. The molecule has 4 aromatic rings. The maximum absolute atomic E-state index is 14.5. The second-order valence-electron chi connectivity index (χ2n) is 9.66. The van der Waals surface area contributed by atoms with E-state index in [-0.39, 0.29) is 48.1 Å². The molecule has 11 nitrogen and oxygen atoms in total. The quantitative estimate of drug-likeness (QED) is 0.366. The number of pyridine rings is 2. The predicted octanol–water partition coefficient (Wildman–Crippen LogP) is 4.12. The first kappa shape index (κ1) is 26.7. The number of carboxylic acid groups (broad SMARTS) is 1. The second-order valence-corrected chi connectivity index (χ2v) is 9.66. The van der Waals surface area contributed by atoms with Gasteiger partial charge < -0.3 is 14.9 Å². The third-order valence-corrected chi connectivity index (χ3v) is 6.80. The number of nitrogens with zero attached hydrogens (tertiary/aromatic N) is 8. The van der Waals surface area contributed by atoms with Crippen molar-refractivity contribution in [3.8, 4) is 17.2 Å². The molecular weight excluding hydrogens is 522 g/mol. The molecule has 0 spiro atoms. The zero-order valence-corrected chi connectivity index (χ0v) is 22.2. The molecule has 0 unspecified atom stereocenters. The molecule has 3 aromatic heterocycles. The van der Waals surface area contributed by atoms with Crippen LogP contribution in [0.3, 0.4) is 0 Å². The van der Waals surface area contributed by atoms with Crippen LogP contribution in [0, 0.1) is 11.6 Å². The summed E-state index contributed by atoms with van der Waals surface area (Å²) in [5.41, 5.74) is 1.36. The summed E-state index contributed by atoms with van der Waals surface area (Å²) in [6.45, 7) is 4.06. The molecule has 206 valence electrons. The van der Waals surface area contributed by atoms with Crippen molar-refractivity contribution >= 4 is 23.6 Å². The standard InChI is InChI=1S/C27H26F2N8O3/c1-15(2)35(4)23-11-16-17(21(32-23)13-34(3)27(39)40)12-36(26(16)38)22-10-6-9-20(31-22)25-33-30-14-37(25)24-18(28)7-5-8-19(24)29/h5-11,14-15H,12-13H2,1-4H3,(H,39,40). The van der Waals surface area contributed by atoms with Crippen molar-refractivity contribution in [2.45, 2.75) is 33.0 Å². The van der Waals surface area contributed by atoms with Crippen molar-refractivity contribution in [3.05, 3.63) is 77.2 Å². The smallest absolute Gasteiger partial charge is 0.407 e. The lowest BCUT2D eigenvalue weighted by Gasteiger charge is -2.24. The molecule has 0 saturated carbocycles. The number of aromatic nitrogens is 5. The fraction of sp³-hybridized carbons (Fsp3) is 0.259. The van der Waals surface area contributed by atoms with Gasteiger partial charge in [0.05, 0.1) is 24.3 Å². The minimum Gasteiger partial charge on any atom is -0.465 e. The molecule has 1 aliphatic heterocycles. The van der Waals surface area contributed by atoms with E-state index in [0.29, 0.717) is 22.6 Å². The highest BCUT2D eigenvalue weighted by Gasteiger charge is 2.34. The van der Waals surface area contributed by atoms with Crippen LogP contribution in [-0.2, 0) is 13.1 Å². The molecular formula is C27H26F2N8O3. The number of amides is 2. The zero-order valence-electron chi connectivity index (χ0n) is 22.2. The van der Waals surface area contributed by atoms with Gasteiger partial charge in [0, 0.05) is 25.7 Å². The Kier molecular flexibility index (Phi) is 6.88. The second kappa shape index (κ2) is 10.3. The van der Waals surface area contributed by atoms with E-state index in [9.17, 15) is 23.5 Å². The summed E-state index contributed by atoms with van der Waals surface area (Å²) in [4.78, 5) is 38.9. The van der Waals surface area contributed by atoms with Gasteiger partial charge in [0.15, 0.2) is 5.82 Å². The Hall–Kier alpha value is -4.94. The highest BCUT2D eigenvalue weighted by molar-refractivity contribution is 6.10. The lowest BCUT2D eigenvalue weighted by molar-refractivity contribution is 0.0996. The largest absolute Gasteiger partial charge is 0.465 e. The first-order valence-corrected chi connectivity index (χ1v) is 12.4. The topological polar surface area (TPSA) is 121 Å². The predicted molar refractivity (Wildman–Crippen MR) is 142 cm³/mol. The van der Waals surface area contributed by atoms with Crippen LogP contribution in [0.1, 0.15) is 35.5 Å². The molecule has 13 heteroatoms. The van der Waals surface area contributed by atoms with Gasteiger partial charge in [0.1, 0.15) is 41.0 Å². The van der Waals surface area contributed by atoms with Gasteiger partial charge in [0.25, 0.3) is 5.91 Å². The highest BCUT2D eigenvalue weighted by Crippen LogP contribution is 2.33. The molecule has 40 heavy (non-hydrogen) atoms. The first-order valence-electron chi connectivity index (χ1n) is 12.4. The summed E-state index contributed by atoms with van der Waals surface area (Å²) in [6, 6.07) is 10.2. The van der Waals surface area contributed by atoms with E-state index >= 15 is 0 Å². The van der Waals surface area contributed by atoms with Crippen LogP contribution in [0.2, 0.25) is 0 Å². The van der Waals surface area contributed by atoms with E-state index in [1.165, 1.54) is 24.3 Å². The minimum absolute atomic E-state index is 0.0106. The van der Waals surface area contributed by atoms with E-state index in [1.54, 1.807) is 24.3 Å². The summed E-state index contributed by atoms with van der Waals surface area (Å²) in [5.74, 6) is -1.02. The van der Waals surface area contributed by atoms with E-state index in [2.05, 4.69) is 15.2 Å². The Morgan fingerprint density at radius 2 is 1.80 bits per heavy atom. The van der Waals surface area contributed by atoms with Crippen LogP contribution in [0.5, 0.6) is 0 Å². The fourth-order valence-corrected chi connectivity index (χ4v) is 4.40. The molecule has 0 bridgehead atoms. The van der Waals surface area contributed by atoms with E-state index in [0.717, 1.165) is 21.6 Å². The van der Waals surface area contributed by atoms with Crippen molar-refractivity contribution in [2.75, 3.05) is 23.9 Å². The summed E-state index contributed by atoms with van der Waals surface area (Å²) in [6.07, 6.45) is 0.0650.